The largest absolute Gasteiger partial charge is 0.483 e. The Morgan fingerprint density at radius 2 is 2.13 bits per heavy atom. The van der Waals surface area contributed by atoms with Gasteiger partial charge in [0.25, 0.3) is 0 Å². The van der Waals surface area contributed by atoms with Gasteiger partial charge in [0.2, 0.25) is 0 Å². The van der Waals surface area contributed by atoms with Crippen molar-refractivity contribution < 1.29 is 13.9 Å². The maximum Gasteiger partial charge on any atom is 0.172 e. The number of ketones is 1. The van der Waals surface area contributed by atoms with Gasteiger partial charge < -0.3 is 4.74 Å². The lowest BCUT2D eigenvalue weighted by Gasteiger charge is -2.08. The Bertz CT molecular complexity index is 359. The van der Waals surface area contributed by atoms with Gasteiger partial charge in [-0.3, -0.25) is 4.79 Å². The molecule has 15 heavy (non-hydrogen) atoms. The lowest BCUT2D eigenvalue weighted by atomic mass is 10.1. The summed E-state index contributed by atoms with van der Waals surface area (Å²) in [5.74, 6) is -0.407. The van der Waals surface area contributed by atoms with E-state index < -0.39 is 5.82 Å². The molecule has 0 aliphatic carbocycles. The van der Waals surface area contributed by atoms with Crippen LogP contribution in [-0.4, -0.2) is 12.4 Å². The predicted octanol–water partition coefficient (Wildman–Crippen LogP) is 2.74. The molecule has 0 bridgehead atoms. The smallest absolute Gasteiger partial charge is 0.172 e. The fourth-order valence-electron chi connectivity index (χ4n) is 1.04. The second-order valence-electron chi connectivity index (χ2n) is 3.84. The number of carbonyl (C=O) groups excluding carboxylic acids is 1. The lowest BCUT2D eigenvalue weighted by Crippen LogP contribution is -2.17. The van der Waals surface area contributed by atoms with Gasteiger partial charge in [-0.1, -0.05) is 19.9 Å². The van der Waals surface area contributed by atoms with Crippen molar-refractivity contribution in [1.29, 1.82) is 0 Å². The van der Waals surface area contributed by atoms with Crippen molar-refractivity contribution in [3.63, 3.8) is 0 Å². The maximum absolute atomic E-state index is 13.2. The van der Waals surface area contributed by atoms with Crippen molar-refractivity contribution in [2.75, 3.05) is 6.61 Å². The van der Waals surface area contributed by atoms with Gasteiger partial charge in [-0.25, -0.2) is 4.39 Å². The summed E-state index contributed by atoms with van der Waals surface area (Å²) in [5.41, 5.74) is 0.906. The van der Waals surface area contributed by atoms with Gasteiger partial charge in [0.05, 0.1) is 0 Å². The Hall–Kier alpha value is -1.38. The molecule has 0 spiro atoms. The molecule has 0 amide bonds. The number of carbonyl (C=O) groups is 1. The molecule has 0 heterocycles. The molecular formula is C12H15FO2. The third-order valence-corrected chi connectivity index (χ3v) is 2.10. The second-order valence-corrected chi connectivity index (χ2v) is 3.84. The van der Waals surface area contributed by atoms with E-state index in [0.717, 1.165) is 5.56 Å². The highest BCUT2D eigenvalue weighted by Gasteiger charge is 2.10. The fraction of sp³-hybridized carbons (Fsp3) is 0.417. The van der Waals surface area contributed by atoms with Gasteiger partial charge in [-0.15, -0.1) is 0 Å². The van der Waals surface area contributed by atoms with E-state index in [0.29, 0.717) is 0 Å². The molecule has 0 N–H and O–H groups in total. The molecule has 1 aromatic carbocycles. The molecule has 0 saturated heterocycles. The summed E-state index contributed by atoms with van der Waals surface area (Å²) >= 11 is 0. The molecule has 0 fully saturated rings. The van der Waals surface area contributed by atoms with Crippen molar-refractivity contribution in [3.8, 4) is 5.75 Å². The summed E-state index contributed by atoms with van der Waals surface area (Å²) in [6.07, 6.45) is 0. The summed E-state index contributed by atoms with van der Waals surface area (Å²) in [7, 11) is 0. The molecule has 2 nitrogen and oxygen atoms in total. The van der Waals surface area contributed by atoms with E-state index in [1.807, 2.05) is 6.92 Å². The Balaban J connectivity index is 2.65. The van der Waals surface area contributed by atoms with E-state index >= 15 is 0 Å². The van der Waals surface area contributed by atoms with Crippen LogP contribution in [0.5, 0.6) is 5.75 Å². The summed E-state index contributed by atoms with van der Waals surface area (Å²) in [6, 6.07) is 4.58. The van der Waals surface area contributed by atoms with E-state index in [-0.39, 0.29) is 24.1 Å². The SMILES string of the molecule is Cc1ccc(F)c(OCC(=O)C(C)C)c1. The van der Waals surface area contributed by atoms with Gasteiger partial charge in [-0.05, 0) is 24.6 Å². The zero-order valence-electron chi connectivity index (χ0n) is 9.21. The molecule has 0 aromatic heterocycles. The molecule has 0 atom stereocenters. The number of rotatable bonds is 4. The van der Waals surface area contributed by atoms with Crippen LogP contribution in [0.15, 0.2) is 18.2 Å². The quantitative estimate of drug-likeness (QED) is 0.763. The lowest BCUT2D eigenvalue weighted by molar-refractivity contribution is -0.123. The Labute approximate surface area is 89.1 Å². The number of Topliss-reactive ketones (excluding diaryl/α,β-unsaturated/α-hetero) is 1. The minimum Gasteiger partial charge on any atom is -0.483 e. The van der Waals surface area contributed by atoms with Crippen LogP contribution in [0.2, 0.25) is 0 Å². The highest BCUT2D eigenvalue weighted by atomic mass is 19.1. The van der Waals surface area contributed by atoms with Crippen LogP contribution in [0.1, 0.15) is 19.4 Å². The van der Waals surface area contributed by atoms with Crippen molar-refractivity contribution in [3.05, 3.63) is 29.6 Å². The number of aryl methyl sites for hydroxylation is 1. The first-order chi connectivity index (χ1) is 7.00. The average Bonchev–Trinajstić information content (AvgIpc) is 2.18. The van der Waals surface area contributed by atoms with Crippen molar-refractivity contribution >= 4 is 5.78 Å². The summed E-state index contributed by atoms with van der Waals surface area (Å²) in [5, 5.41) is 0. The number of benzene rings is 1. The topological polar surface area (TPSA) is 26.3 Å². The highest BCUT2D eigenvalue weighted by Crippen LogP contribution is 2.18. The van der Waals surface area contributed by atoms with Gasteiger partial charge in [0.1, 0.15) is 6.61 Å². The Morgan fingerprint density at radius 3 is 2.73 bits per heavy atom. The predicted molar refractivity (Wildman–Crippen MR) is 56.5 cm³/mol. The number of hydrogen-bond acceptors (Lipinski definition) is 2. The third kappa shape index (κ3) is 3.35. The van der Waals surface area contributed by atoms with Crippen LogP contribution in [0.4, 0.5) is 4.39 Å². The van der Waals surface area contributed by atoms with Gasteiger partial charge in [0.15, 0.2) is 17.3 Å². The van der Waals surface area contributed by atoms with Gasteiger partial charge in [-0.2, -0.15) is 0 Å². The average molecular weight is 210 g/mol. The Morgan fingerprint density at radius 1 is 1.47 bits per heavy atom. The van der Waals surface area contributed by atoms with Crippen LogP contribution < -0.4 is 4.74 Å². The van der Waals surface area contributed by atoms with Crippen LogP contribution >= 0.6 is 0 Å². The molecule has 3 heteroatoms. The van der Waals surface area contributed by atoms with Gasteiger partial charge >= 0.3 is 0 Å². The van der Waals surface area contributed by atoms with Crippen LogP contribution in [0.25, 0.3) is 0 Å². The zero-order valence-corrected chi connectivity index (χ0v) is 9.21. The summed E-state index contributed by atoms with van der Waals surface area (Å²) < 4.78 is 18.3. The Kier molecular flexibility index (Phi) is 3.83. The molecule has 0 saturated carbocycles. The van der Waals surface area contributed by atoms with E-state index in [2.05, 4.69) is 0 Å². The molecule has 1 aromatic rings. The first-order valence-electron chi connectivity index (χ1n) is 4.92. The normalized spacial score (nSPS) is 10.5. The first-order valence-corrected chi connectivity index (χ1v) is 4.92. The van der Waals surface area contributed by atoms with Crippen LogP contribution in [0, 0.1) is 18.7 Å². The molecule has 0 radical (unpaired) electrons. The van der Waals surface area contributed by atoms with Crippen LogP contribution in [-0.2, 0) is 4.79 Å². The van der Waals surface area contributed by atoms with E-state index in [4.69, 9.17) is 4.74 Å². The van der Waals surface area contributed by atoms with Crippen LogP contribution in [0.3, 0.4) is 0 Å². The molecular weight excluding hydrogens is 195 g/mol. The second kappa shape index (κ2) is 4.91. The monoisotopic (exact) mass is 210 g/mol. The molecule has 0 aliphatic rings. The molecule has 1 rings (SSSR count). The zero-order chi connectivity index (χ0) is 11.4. The van der Waals surface area contributed by atoms with Crippen molar-refractivity contribution in [1.82, 2.24) is 0 Å². The minimum absolute atomic E-state index is 0.0316. The van der Waals surface area contributed by atoms with Crippen molar-refractivity contribution in [2.24, 2.45) is 5.92 Å². The van der Waals surface area contributed by atoms with E-state index in [1.54, 1.807) is 26.0 Å². The standard InChI is InChI=1S/C12H15FO2/c1-8(2)11(14)7-15-12-6-9(3)4-5-10(12)13/h4-6,8H,7H2,1-3H3. The summed E-state index contributed by atoms with van der Waals surface area (Å²) in [4.78, 5) is 11.3. The molecule has 0 unspecified atom stereocenters. The first kappa shape index (κ1) is 11.7. The van der Waals surface area contributed by atoms with Gasteiger partial charge in [0, 0.05) is 5.92 Å². The van der Waals surface area contributed by atoms with E-state index in [1.165, 1.54) is 6.07 Å². The fourth-order valence-corrected chi connectivity index (χ4v) is 1.04. The van der Waals surface area contributed by atoms with E-state index in [9.17, 15) is 9.18 Å². The third-order valence-electron chi connectivity index (χ3n) is 2.10. The summed E-state index contributed by atoms with van der Waals surface area (Å²) in [6.45, 7) is 5.35. The number of halogens is 1. The number of hydrogen-bond donors (Lipinski definition) is 0. The molecule has 0 aliphatic heterocycles. The molecule has 82 valence electrons. The minimum atomic E-state index is -0.433. The highest BCUT2D eigenvalue weighted by molar-refractivity contribution is 5.81. The number of ether oxygens (including phenoxy) is 1. The maximum atomic E-state index is 13.2. The van der Waals surface area contributed by atoms with Crippen molar-refractivity contribution in [2.45, 2.75) is 20.8 Å².